The van der Waals surface area contributed by atoms with E-state index in [-0.39, 0.29) is 6.61 Å². The zero-order chi connectivity index (χ0) is 10.7. The first kappa shape index (κ1) is 10.6. The minimum absolute atomic E-state index is 0.245. The van der Waals surface area contributed by atoms with Crippen LogP contribution in [0.2, 0.25) is 5.15 Å². The van der Waals surface area contributed by atoms with Crippen LogP contribution in [-0.4, -0.2) is 34.8 Å². The van der Waals surface area contributed by atoms with Gasteiger partial charge in [0.25, 0.3) is 0 Å². The van der Waals surface area contributed by atoms with Crippen LogP contribution in [0.1, 0.15) is 12.8 Å². The third kappa shape index (κ3) is 2.58. The van der Waals surface area contributed by atoms with Crippen molar-refractivity contribution in [3.05, 3.63) is 17.5 Å². The maximum absolute atomic E-state index is 9.12. The van der Waals surface area contributed by atoms with E-state index < -0.39 is 0 Å². The lowest BCUT2D eigenvalue weighted by Crippen LogP contribution is -2.37. The van der Waals surface area contributed by atoms with E-state index in [0.717, 1.165) is 31.7 Å². The van der Waals surface area contributed by atoms with Crippen LogP contribution >= 0.6 is 11.6 Å². The summed E-state index contributed by atoms with van der Waals surface area (Å²) in [6.07, 6.45) is 3.65. The van der Waals surface area contributed by atoms with Crippen molar-refractivity contribution >= 4 is 17.4 Å². The van der Waals surface area contributed by atoms with Crippen LogP contribution in [0.4, 0.5) is 5.82 Å². The summed E-state index contributed by atoms with van der Waals surface area (Å²) >= 11 is 5.81. The minimum atomic E-state index is 0.245. The average Bonchev–Trinajstić information content (AvgIpc) is 2.29. The van der Waals surface area contributed by atoms with Gasteiger partial charge in [0, 0.05) is 25.8 Å². The summed E-state index contributed by atoms with van der Waals surface area (Å²) in [6.45, 7) is 2.07. The summed E-state index contributed by atoms with van der Waals surface area (Å²) in [7, 11) is 0. The van der Waals surface area contributed by atoms with E-state index in [1.165, 1.54) is 6.33 Å². The van der Waals surface area contributed by atoms with Gasteiger partial charge >= 0.3 is 0 Å². The van der Waals surface area contributed by atoms with Crippen LogP contribution in [0.15, 0.2) is 12.4 Å². The molecule has 0 spiro atoms. The molecule has 1 N–H and O–H groups in total. The molecule has 2 rings (SSSR count). The number of hydrogen-bond acceptors (Lipinski definition) is 4. The molecule has 5 heteroatoms. The van der Waals surface area contributed by atoms with Crippen molar-refractivity contribution in [2.24, 2.45) is 5.92 Å². The van der Waals surface area contributed by atoms with Crippen molar-refractivity contribution in [2.45, 2.75) is 12.8 Å². The topological polar surface area (TPSA) is 49.2 Å². The summed E-state index contributed by atoms with van der Waals surface area (Å²) < 4.78 is 0. The Morgan fingerprint density at radius 3 is 3.13 bits per heavy atom. The van der Waals surface area contributed by atoms with Gasteiger partial charge in [0.2, 0.25) is 0 Å². The monoisotopic (exact) mass is 227 g/mol. The fourth-order valence-corrected chi connectivity index (χ4v) is 2.06. The predicted octanol–water partition coefficient (Wildman–Crippen LogP) is 1.34. The Balaban J connectivity index is 2.09. The average molecular weight is 228 g/mol. The van der Waals surface area contributed by atoms with Gasteiger partial charge in [-0.15, -0.1) is 0 Å². The fraction of sp³-hybridized carbons (Fsp3) is 0.600. The van der Waals surface area contributed by atoms with Gasteiger partial charge in [-0.1, -0.05) is 11.6 Å². The molecule has 0 saturated carbocycles. The molecule has 2 heterocycles. The fourth-order valence-electron chi connectivity index (χ4n) is 1.92. The van der Waals surface area contributed by atoms with E-state index in [1.54, 1.807) is 6.07 Å². The first-order chi connectivity index (χ1) is 7.29. The van der Waals surface area contributed by atoms with Crippen LogP contribution in [0.3, 0.4) is 0 Å². The highest BCUT2D eigenvalue weighted by Crippen LogP contribution is 2.22. The smallest absolute Gasteiger partial charge is 0.134 e. The second-order valence-corrected chi connectivity index (χ2v) is 4.22. The Labute approximate surface area is 93.9 Å². The molecular weight excluding hydrogens is 214 g/mol. The summed E-state index contributed by atoms with van der Waals surface area (Å²) in [4.78, 5) is 10.2. The third-order valence-electron chi connectivity index (χ3n) is 2.72. The highest BCUT2D eigenvalue weighted by atomic mass is 35.5. The number of hydrogen-bond donors (Lipinski definition) is 1. The third-order valence-corrected chi connectivity index (χ3v) is 2.93. The maximum Gasteiger partial charge on any atom is 0.134 e. The van der Waals surface area contributed by atoms with Crippen molar-refractivity contribution in [3.8, 4) is 0 Å². The highest BCUT2D eigenvalue weighted by Gasteiger charge is 2.20. The molecule has 0 aromatic carbocycles. The molecule has 15 heavy (non-hydrogen) atoms. The highest BCUT2D eigenvalue weighted by molar-refractivity contribution is 6.29. The van der Waals surface area contributed by atoms with Gasteiger partial charge in [0.1, 0.15) is 17.3 Å². The Morgan fingerprint density at radius 2 is 2.40 bits per heavy atom. The van der Waals surface area contributed by atoms with E-state index in [4.69, 9.17) is 16.7 Å². The molecule has 0 unspecified atom stereocenters. The molecule has 1 aromatic heterocycles. The zero-order valence-corrected chi connectivity index (χ0v) is 9.19. The van der Waals surface area contributed by atoms with Crippen molar-refractivity contribution in [1.82, 2.24) is 9.97 Å². The number of rotatable bonds is 2. The maximum atomic E-state index is 9.12. The number of anilines is 1. The van der Waals surface area contributed by atoms with Gasteiger partial charge in [0.15, 0.2) is 0 Å². The first-order valence-electron chi connectivity index (χ1n) is 5.13. The van der Waals surface area contributed by atoms with Crippen LogP contribution in [0.5, 0.6) is 0 Å². The van der Waals surface area contributed by atoms with Gasteiger partial charge in [-0.3, -0.25) is 0 Å². The Bertz CT molecular complexity index is 334. The molecule has 1 aliphatic heterocycles. The molecule has 1 atom stereocenters. The molecule has 0 radical (unpaired) electrons. The molecule has 1 aromatic rings. The van der Waals surface area contributed by atoms with Crippen LogP contribution < -0.4 is 4.90 Å². The molecule has 1 fully saturated rings. The summed E-state index contributed by atoms with van der Waals surface area (Å²) in [6, 6.07) is 1.77. The van der Waals surface area contributed by atoms with E-state index in [1.807, 2.05) is 0 Å². The number of piperidine rings is 1. The van der Waals surface area contributed by atoms with Crippen molar-refractivity contribution in [1.29, 1.82) is 0 Å². The number of aliphatic hydroxyl groups excluding tert-OH is 1. The van der Waals surface area contributed by atoms with Crippen LogP contribution in [-0.2, 0) is 0 Å². The number of nitrogens with zero attached hydrogens (tertiary/aromatic N) is 3. The Hall–Kier alpha value is -0.870. The van der Waals surface area contributed by atoms with Gasteiger partial charge in [-0.2, -0.15) is 0 Å². The number of aromatic nitrogens is 2. The van der Waals surface area contributed by atoms with Gasteiger partial charge in [0.05, 0.1) is 0 Å². The SMILES string of the molecule is OC[C@H]1CCCN(c2cc(Cl)ncn2)C1. The van der Waals surface area contributed by atoms with Crippen molar-refractivity contribution < 1.29 is 5.11 Å². The Kier molecular flexibility index (Phi) is 3.38. The molecule has 0 amide bonds. The molecular formula is C10H14ClN3O. The molecule has 0 bridgehead atoms. The lowest BCUT2D eigenvalue weighted by Gasteiger charge is -2.32. The van der Waals surface area contributed by atoms with Gasteiger partial charge in [-0.25, -0.2) is 9.97 Å². The van der Waals surface area contributed by atoms with Gasteiger partial charge < -0.3 is 10.0 Å². The van der Waals surface area contributed by atoms with E-state index >= 15 is 0 Å². The molecule has 4 nitrogen and oxygen atoms in total. The molecule has 1 saturated heterocycles. The predicted molar refractivity (Wildman–Crippen MR) is 59.1 cm³/mol. The summed E-state index contributed by atoms with van der Waals surface area (Å²) in [5.74, 6) is 1.21. The minimum Gasteiger partial charge on any atom is -0.396 e. The van der Waals surface area contributed by atoms with Crippen molar-refractivity contribution in [2.75, 3.05) is 24.6 Å². The first-order valence-corrected chi connectivity index (χ1v) is 5.50. The lowest BCUT2D eigenvalue weighted by atomic mass is 9.99. The van der Waals surface area contributed by atoms with E-state index in [2.05, 4.69) is 14.9 Å². The Morgan fingerprint density at radius 1 is 1.53 bits per heavy atom. The quantitative estimate of drug-likeness (QED) is 0.775. The second-order valence-electron chi connectivity index (χ2n) is 3.84. The van der Waals surface area contributed by atoms with Gasteiger partial charge in [-0.05, 0) is 18.8 Å². The molecule has 1 aliphatic rings. The standard InChI is InChI=1S/C10H14ClN3O/c11-9-4-10(13-7-12-9)14-3-1-2-8(5-14)6-15/h4,7-8,15H,1-3,5-6H2/t8-/m0/s1. The summed E-state index contributed by atoms with van der Waals surface area (Å²) in [5.41, 5.74) is 0. The van der Waals surface area contributed by atoms with Crippen LogP contribution in [0, 0.1) is 5.92 Å². The number of halogens is 1. The second kappa shape index (κ2) is 4.77. The van der Waals surface area contributed by atoms with E-state index in [9.17, 15) is 0 Å². The zero-order valence-electron chi connectivity index (χ0n) is 8.43. The normalized spacial score (nSPS) is 21.7. The summed E-state index contributed by atoms with van der Waals surface area (Å²) in [5, 5.41) is 9.59. The van der Waals surface area contributed by atoms with E-state index in [0.29, 0.717) is 11.1 Å². The lowest BCUT2D eigenvalue weighted by molar-refractivity contribution is 0.208. The molecule has 82 valence electrons. The van der Waals surface area contributed by atoms with Crippen LogP contribution in [0.25, 0.3) is 0 Å². The largest absolute Gasteiger partial charge is 0.396 e. The van der Waals surface area contributed by atoms with Crippen molar-refractivity contribution in [3.63, 3.8) is 0 Å². The number of aliphatic hydroxyl groups is 1. The molecule has 0 aliphatic carbocycles.